The molecule has 0 radical (unpaired) electrons. The van der Waals surface area contributed by atoms with Gasteiger partial charge in [-0.3, -0.25) is 10.1 Å². The lowest BCUT2D eigenvalue weighted by atomic mass is 10.0. The maximum Gasteiger partial charge on any atom is 0.277 e. The van der Waals surface area contributed by atoms with Gasteiger partial charge in [0.05, 0.1) is 10.5 Å². The lowest BCUT2D eigenvalue weighted by Gasteiger charge is -2.04. The standard InChI is InChI=1S/C20H16N2O2/c23-22(24)20-13-7-5-11-17(20)18-14-21(15-8-2-1-3-9-15)19-12-6-4-10-16(18)19/h1-3,5,7-14H,4,6H2. The lowest BCUT2D eigenvalue weighted by Crippen LogP contribution is -2.30. The Hall–Kier alpha value is -3.14. The largest absolute Gasteiger partial charge is 0.316 e. The van der Waals surface area contributed by atoms with Crippen molar-refractivity contribution in [3.8, 4) is 16.8 Å². The van der Waals surface area contributed by atoms with Crippen molar-refractivity contribution in [1.82, 2.24) is 4.57 Å². The molecule has 2 aromatic carbocycles. The van der Waals surface area contributed by atoms with E-state index in [0.717, 1.165) is 34.7 Å². The molecule has 1 aliphatic carbocycles. The van der Waals surface area contributed by atoms with Crippen LogP contribution in [0.1, 0.15) is 12.8 Å². The Kier molecular flexibility index (Phi) is 3.50. The van der Waals surface area contributed by atoms with Crippen LogP contribution in [0.5, 0.6) is 0 Å². The van der Waals surface area contributed by atoms with Crippen LogP contribution < -0.4 is 10.6 Å². The van der Waals surface area contributed by atoms with E-state index in [-0.39, 0.29) is 10.6 Å². The highest BCUT2D eigenvalue weighted by Gasteiger charge is 2.18. The summed E-state index contributed by atoms with van der Waals surface area (Å²) in [5, 5.41) is 13.6. The van der Waals surface area contributed by atoms with Gasteiger partial charge in [0, 0.05) is 34.1 Å². The van der Waals surface area contributed by atoms with Crippen molar-refractivity contribution in [2.24, 2.45) is 0 Å². The molecule has 4 rings (SSSR count). The van der Waals surface area contributed by atoms with Gasteiger partial charge in [-0.2, -0.15) is 0 Å². The minimum absolute atomic E-state index is 0.143. The maximum absolute atomic E-state index is 11.4. The van der Waals surface area contributed by atoms with Crippen molar-refractivity contribution in [3.63, 3.8) is 0 Å². The summed E-state index contributed by atoms with van der Waals surface area (Å²) in [5.74, 6) is 0. The fourth-order valence-electron chi connectivity index (χ4n) is 3.28. The predicted octanol–water partition coefficient (Wildman–Crippen LogP) is 3.41. The van der Waals surface area contributed by atoms with Crippen LogP contribution in [0, 0.1) is 10.1 Å². The van der Waals surface area contributed by atoms with Crippen LogP contribution in [-0.2, 0) is 0 Å². The van der Waals surface area contributed by atoms with Crippen LogP contribution in [0.4, 0.5) is 5.69 Å². The molecule has 1 heterocycles. The number of hydrogen-bond acceptors (Lipinski definition) is 2. The Labute approximate surface area is 139 Å². The molecule has 0 amide bonds. The second kappa shape index (κ2) is 5.81. The third-order valence-corrected chi connectivity index (χ3v) is 4.36. The number of rotatable bonds is 3. The molecule has 4 heteroatoms. The molecular weight excluding hydrogens is 300 g/mol. The Morgan fingerprint density at radius 3 is 2.38 bits per heavy atom. The summed E-state index contributed by atoms with van der Waals surface area (Å²) in [6, 6.07) is 17.0. The van der Waals surface area contributed by atoms with E-state index in [1.54, 1.807) is 12.1 Å². The van der Waals surface area contributed by atoms with Crippen molar-refractivity contribution in [2.75, 3.05) is 0 Å². The summed E-state index contributed by atoms with van der Waals surface area (Å²) in [4.78, 5) is 11.1. The van der Waals surface area contributed by atoms with Gasteiger partial charge in [-0.05, 0) is 31.0 Å². The van der Waals surface area contributed by atoms with Crippen LogP contribution in [-0.4, -0.2) is 9.49 Å². The van der Waals surface area contributed by atoms with Crippen molar-refractivity contribution in [1.29, 1.82) is 0 Å². The van der Waals surface area contributed by atoms with Crippen molar-refractivity contribution >= 4 is 17.8 Å². The molecule has 0 N–H and O–H groups in total. The summed E-state index contributed by atoms with van der Waals surface area (Å²) in [6.07, 6.45) is 8.35. The number of nitro benzene ring substituents is 1. The molecule has 0 saturated heterocycles. The lowest BCUT2D eigenvalue weighted by molar-refractivity contribution is -0.384. The first-order chi connectivity index (χ1) is 11.8. The third kappa shape index (κ3) is 2.33. The van der Waals surface area contributed by atoms with Gasteiger partial charge in [0.1, 0.15) is 0 Å². The normalized spacial score (nSPS) is 12.8. The number of nitro groups is 1. The smallest absolute Gasteiger partial charge is 0.277 e. The van der Waals surface area contributed by atoms with E-state index in [0.29, 0.717) is 5.56 Å². The number of para-hydroxylation sites is 2. The van der Waals surface area contributed by atoms with Gasteiger partial charge < -0.3 is 4.57 Å². The number of aromatic nitrogens is 1. The monoisotopic (exact) mass is 316 g/mol. The van der Waals surface area contributed by atoms with Crippen molar-refractivity contribution in [2.45, 2.75) is 12.8 Å². The van der Waals surface area contributed by atoms with E-state index in [2.05, 4.69) is 16.7 Å². The second-order valence-corrected chi connectivity index (χ2v) is 5.81. The predicted molar refractivity (Wildman–Crippen MR) is 95.3 cm³/mol. The molecule has 0 spiro atoms. The third-order valence-electron chi connectivity index (χ3n) is 4.36. The molecule has 118 valence electrons. The molecular formula is C20H16N2O2. The van der Waals surface area contributed by atoms with Gasteiger partial charge in [0.15, 0.2) is 0 Å². The fraction of sp³-hybridized carbons (Fsp3) is 0.100. The Balaban J connectivity index is 2.03. The van der Waals surface area contributed by atoms with Gasteiger partial charge >= 0.3 is 0 Å². The highest BCUT2D eigenvalue weighted by Crippen LogP contribution is 2.27. The van der Waals surface area contributed by atoms with E-state index in [4.69, 9.17) is 0 Å². The molecule has 0 atom stereocenters. The van der Waals surface area contributed by atoms with Gasteiger partial charge in [-0.1, -0.05) is 42.5 Å². The topological polar surface area (TPSA) is 48.1 Å². The molecule has 0 fully saturated rings. The summed E-state index contributed by atoms with van der Waals surface area (Å²) in [5.41, 5.74) is 2.78. The molecule has 1 aliphatic rings. The Morgan fingerprint density at radius 1 is 0.875 bits per heavy atom. The average Bonchev–Trinajstić information content (AvgIpc) is 3.02. The van der Waals surface area contributed by atoms with E-state index in [9.17, 15) is 10.1 Å². The summed E-state index contributed by atoms with van der Waals surface area (Å²) in [7, 11) is 0. The molecule has 24 heavy (non-hydrogen) atoms. The number of fused-ring (bicyclic) bond motifs is 1. The fourth-order valence-corrected chi connectivity index (χ4v) is 3.28. The van der Waals surface area contributed by atoms with Crippen LogP contribution >= 0.6 is 0 Å². The minimum Gasteiger partial charge on any atom is -0.316 e. The van der Waals surface area contributed by atoms with E-state index in [1.165, 1.54) is 0 Å². The summed E-state index contributed by atoms with van der Waals surface area (Å²) in [6.45, 7) is 0. The van der Waals surface area contributed by atoms with Gasteiger partial charge in [-0.25, -0.2) is 0 Å². The second-order valence-electron chi connectivity index (χ2n) is 5.81. The van der Waals surface area contributed by atoms with Crippen LogP contribution in [0.15, 0.2) is 60.8 Å². The molecule has 0 bridgehead atoms. The Bertz CT molecular complexity index is 1030. The van der Waals surface area contributed by atoms with Crippen LogP contribution in [0.25, 0.3) is 29.0 Å². The van der Waals surface area contributed by atoms with Crippen LogP contribution in [0.2, 0.25) is 0 Å². The first-order valence-electron chi connectivity index (χ1n) is 7.96. The van der Waals surface area contributed by atoms with Gasteiger partial charge in [0.25, 0.3) is 5.69 Å². The Morgan fingerprint density at radius 2 is 1.58 bits per heavy atom. The first kappa shape index (κ1) is 14.5. The van der Waals surface area contributed by atoms with Crippen LogP contribution in [0.3, 0.4) is 0 Å². The number of hydrogen-bond donors (Lipinski definition) is 0. The van der Waals surface area contributed by atoms with Gasteiger partial charge in [0.2, 0.25) is 0 Å². The molecule has 0 aliphatic heterocycles. The molecule has 1 aromatic heterocycles. The zero-order chi connectivity index (χ0) is 16.5. The number of benzene rings is 2. The SMILES string of the molecule is O=[N+]([O-])c1ccccc1-c1cn(-c2ccccc2)c2c1=CCCC=2. The van der Waals surface area contributed by atoms with Gasteiger partial charge in [-0.15, -0.1) is 0 Å². The van der Waals surface area contributed by atoms with Crippen molar-refractivity contribution < 1.29 is 4.92 Å². The molecule has 3 aromatic rings. The van der Waals surface area contributed by atoms with E-state index >= 15 is 0 Å². The molecule has 4 nitrogen and oxygen atoms in total. The quantitative estimate of drug-likeness (QED) is 0.549. The molecule has 0 unspecified atom stereocenters. The zero-order valence-corrected chi connectivity index (χ0v) is 13.1. The summed E-state index contributed by atoms with van der Waals surface area (Å²) >= 11 is 0. The van der Waals surface area contributed by atoms with E-state index < -0.39 is 0 Å². The number of nitrogens with zero attached hydrogens (tertiary/aromatic N) is 2. The van der Waals surface area contributed by atoms with E-state index in [1.807, 2.05) is 48.7 Å². The average molecular weight is 316 g/mol. The minimum atomic E-state index is -0.311. The molecule has 0 saturated carbocycles. The summed E-state index contributed by atoms with van der Waals surface area (Å²) < 4.78 is 2.12. The maximum atomic E-state index is 11.4. The highest BCUT2D eigenvalue weighted by atomic mass is 16.6. The first-order valence-corrected chi connectivity index (χ1v) is 7.96. The zero-order valence-electron chi connectivity index (χ0n) is 13.1. The van der Waals surface area contributed by atoms with Crippen molar-refractivity contribution in [3.05, 3.63) is 81.5 Å². The highest BCUT2D eigenvalue weighted by molar-refractivity contribution is 5.75.